The van der Waals surface area contributed by atoms with Crippen molar-refractivity contribution < 1.29 is 9.84 Å². The number of aromatic nitrogens is 2. The monoisotopic (exact) mass is 341 g/mol. The van der Waals surface area contributed by atoms with Crippen molar-refractivity contribution in [2.24, 2.45) is 5.92 Å². The molecule has 2 aromatic rings. The second-order valence-electron chi connectivity index (χ2n) is 7.15. The summed E-state index contributed by atoms with van der Waals surface area (Å²) in [6, 6.07) is 8.42. The zero-order chi connectivity index (χ0) is 17.2. The van der Waals surface area contributed by atoms with E-state index in [0.29, 0.717) is 5.92 Å². The molecular formula is C20H27N3O2. The van der Waals surface area contributed by atoms with Crippen molar-refractivity contribution in [3.05, 3.63) is 46.8 Å². The van der Waals surface area contributed by atoms with E-state index >= 15 is 0 Å². The van der Waals surface area contributed by atoms with Gasteiger partial charge < -0.3 is 9.84 Å². The Hall–Kier alpha value is -1.85. The third kappa shape index (κ3) is 3.31. The van der Waals surface area contributed by atoms with Gasteiger partial charge in [-0.25, -0.2) is 0 Å². The van der Waals surface area contributed by atoms with Crippen LogP contribution in [0.5, 0.6) is 5.75 Å². The molecule has 0 unspecified atom stereocenters. The van der Waals surface area contributed by atoms with Gasteiger partial charge in [-0.05, 0) is 37.3 Å². The van der Waals surface area contributed by atoms with Gasteiger partial charge in [0.05, 0.1) is 18.9 Å². The summed E-state index contributed by atoms with van der Waals surface area (Å²) in [6.45, 7) is 6.89. The number of fused-ring (bicyclic) bond motifs is 2. The van der Waals surface area contributed by atoms with Crippen LogP contribution in [0.15, 0.2) is 24.3 Å². The highest BCUT2D eigenvalue weighted by molar-refractivity contribution is 5.34. The van der Waals surface area contributed by atoms with Crippen molar-refractivity contribution in [2.45, 2.75) is 45.9 Å². The third-order valence-electron chi connectivity index (χ3n) is 5.53. The highest BCUT2D eigenvalue weighted by Gasteiger charge is 2.26. The van der Waals surface area contributed by atoms with Crippen LogP contribution in [0.3, 0.4) is 0 Å². The smallest absolute Gasteiger partial charge is 0.122 e. The van der Waals surface area contributed by atoms with Gasteiger partial charge >= 0.3 is 0 Å². The van der Waals surface area contributed by atoms with Gasteiger partial charge in [-0.3, -0.25) is 9.58 Å². The highest BCUT2D eigenvalue weighted by atomic mass is 16.5. The van der Waals surface area contributed by atoms with E-state index in [0.717, 1.165) is 63.5 Å². The van der Waals surface area contributed by atoms with Crippen LogP contribution in [0.4, 0.5) is 0 Å². The van der Waals surface area contributed by atoms with E-state index in [4.69, 9.17) is 4.74 Å². The number of hydrogen-bond acceptors (Lipinski definition) is 4. The molecule has 1 N–H and O–H groups in total. The van der Waals surface area contributed by atoms with Crippen molar-refractivity contribution in [2.75, 3.05) is 19.7 Å². The molecule has 0 amide bonds. The third-order valence-corrected chi connectivity index (χ3v) is 5.53. The number of aliphatic hydroxyl groups excluding tert-OH is 1. The molecule has 0 fully saturated rings. The molecule has 5 heteroatoms. The first-order valence-corrected chi connectivity index (χ1v) is 9.39. The van der Waals surface area contributed by atoms with Gasteiger partial charge in [-0.2, -0.15) is 5.10 Å². The fraction of sp³-hybridized carbons (Fsp3) is 0.550. The number of para-hydroxylation sites is 1. The zero-order valence-corrected chi connectivity index (χ0v) is 14.9. The first-order valence-electron chi connectivity index (χ1n) is 9.39. The molecular weight excluding hydrogens is 314 g/mol. The van der Waals surface area contributed by atoms with E-state index < -0.39 is 0 Å². The summed E-state index contributed by atoms with van der Waals surface area (Å²) in [6.07, 6.45) is 3.20. The summed E-state index contributed by atoms with van der Waals surface area (Å²) in [7, 11) is 0. The predicted molar refractivity (Wildman–Crippen MR) is 96.6 cm³/mol. The zero-order valence-electron chi connectivity index (χ0n) is 14.9. The largest absolute Gasteiger partial charge is 0.493 e. The summed E-state index contributed by atoms with van der Waals surface area (Å²) in [5.74, 6) is 1.67. The summed E-state index contributed by atoms with van der Waals surface area (Å²) < 4.78 is 7.98. The molecule has 0 saturated heterocycles. The summed E-state index contributed by atoms with van der Waals surface area (Å²) in [4.78, 5) is 2.53. The molecule has 1 aromatic carbocycles. The molecule has 2 aliphatic rings. The van der Waals surface area contributed by atoms with Crippen molar-refractivity contribution in [3.63, 3.8) is 0 Å². The lowest BCUT2D eigenvalue weighted by molar-refractivity contribution is 0.192. The number of aliphatic hydroxyl groups is 1. The molecule has 1 atom stereocenters. The van der Waals surface area contributed by atoms with Gasteiger partial charge in [0.1, 0.15) is 5.75 Å². The van der Waals surface area contributed by atoms with Crippen LogP contribution >= 0.6 is 0 Å². The summed E-state index contributed by atoms with van der Waals surface area (Å²) in [5.41, 5.74) is 4.76. The lowest BCUT2D eigenvalue weighted by atomic mass is 9.95. The van der Waals surface area contributed by atoms with Gasteiger partial charge in [0.25, 0.3) is 0 Å². The molecule has 2 aliphatic heterocycles. The SMILES string of the molecule is CCn1nc(CO)c2c1CCN(C[C@H]1CCOc3ccccc3C1)C2. The van der Waals surface area contributed by atoms with Crippen molar-refractivity contribution in [1.29, 1.82) is 0 Å². The second kappa shape index (κ2) is 7.18. The molecule has 3 heterocycles. The van der Waals surface area contributed by atoms with E-state index in [2.05, 4.69) is 39.8 Å². The first-order chi connectivity index (χ1) is 12.3. The molecule has 134 valence electrons. The maximum atomic E-state index is 9.65. The molecule has 0 bridgehead atoms. The Balaban J connectivity index is 1.47. The maximum absolute atomic E-state index is 9.65. The Morgan fingerprint density at radius 3 is 3.04 bits per heavy atom. The number of rotatable bonds is 4. The summed E-state index contributed by atoms with van der Waals surface area (Å²) in [5, 5.41) is 14.2. The summed E-state index contributed by atoms with van der Waals surface area (Å²) >= 11 is 0. The number of nitrogens with zero attached hydrogens (tertiary/aromatic N) is 3. The van der Waals surface area contributed by atoms with Crippen molar-refractivity contribution in [1.82, 2.24) is 14.7 Å². The fourth-order valence-corrected chi connectivity index (χ4v) is 4.25. The normalized spacial score (nSPS) is 20.5. The van der Waals surface area contributed by atoms with E-state index in [9.17, 15) is 5.11 Å². The predicted octanol–water partition coefficient (Wildman–Crippen LogP) is 2.39. The molecule has 0 spiro atoms. The van der Waals surface area contributed by atoms with Gasteiger partial charge in [-0.1, -0.05) is 18.2 Å². The van der Waals surface area contributed by atoms with Crippen molar-refractivity contribution >= 4 is 0 Å². The standard InChI is InChI=1S/C20H27N3O2/c1-2-23-19-7-9-22(13-17(19)18(14-24)21-23)12-15-8-10-25-20-6-4-3-5-16(20)11-15/h3-6,15,24H,2,7-14H2,1H3/t15-/m0/s1. The molecule has 1 aromatic heterocycles. The number of hydrogen-bond donors (Lipinski definition) is 1. The quantitative estimate of drug-likeness (QED) is 0.928. The van der Waals surface area contributed by atoms with Crippen LogP contribution in [0.1, 0.15) is 35.9 Å². The minimum absolute atomic E-state index is 0.0355. The Morgan fingerprint density at radius 2 is 2.20 bits per heavy atom. The average Bonchev–Trinajstić information content (AvgIpc) is 2.86. The Bertz CT molecular complexity index is 741. The molecule has 5 nitrogen and oxygen atoms in total. The minimum atomic E-state index is 0.0355. The molecule has 0 saturated carbocycles. The van der Waals surface area contributed by atoms with Crippen LogP contribution in [-0.2, 0) is 32.5 Å². The van der Waals surface area contributed by atoms with E-state index in [1.54, 1.807) is 0 Å². The van der Waals surface area contributed by atoms with Crippen LogP contribution in [-0.4, -0.2) is 39.5 Å². The lowest BCUT2D eigenvalue weighted by Gasteiger charge is -2.30. The van der Waals surface area contributed by atoms with Gasteiger partial charge in [0.2, 0.25) is 0 Å². The second-order valence-corrected chi connectivity index (χ2v) is 7.15. The highest BCUT2D eigenvalue weighted by Crippen LogP contribution is 2.29. The van der Waals surface area contributed by atoms with Gasteiger partial charge in [-0.15, -0.1) is 0 Å². The topological polar surface area (TPSA) is 50.5 Å². The van der Waals surface area contributed by atoms with E-state index in [1.165, 1.54) is 16.8 Å². The lowest BCUT2D eigenvalue weighted by Crippen LogP contribution is -2.36. The van der Waals surface area contributed by atoms with Crippen LogP contribution in [0.25, 0.3) is 0 Å². The Labute approximate surface area is 149 Å². The Kier molecular flexibility index (Phi) is 4.77. The number of benzene rings is 1. The van der Waals surface area contributed by atoms with Crippen LogP contribution in [0.2, 0.25) is 0 Å². The molecule has 4 rings (SSSR count). The van der Waals surface area contributed by atoms with Gasteiger partial charge in [0, 0.05) is 43.9 Å². The Morgan fingerprint density at radius 1 is 1.32 bits per heavy atom. The van der Waals surface area contributed by atoms with Crippen LogP contribution < -0.4 is 4.74 Å². The first kappa shape index (κ1) is 16.6. The molecule has 0 radical (unpaired) electrons. The number of aryl methyl sites for hydroxylation is 1. The maximum Gasteiger partial charge on any atom is 0.122 e. The van der Waals surface area contributed by atoms with E-state index in [1.807, 2.05) is 6.07 Å². The van der Waals surface area contributed by atoms with Crippen molar-refractivity contribution in [3.8, 4) is 5.75 Å². The average molecular weight is 341 g/mol. The number of ether oxygens (including phenoxy) is 1. The fourth-order valence-electron chi connectivity index (χ4n) is 4.25. The minimum Gasteiger partial charge on any atom is -0.493 e. The van der Waals surface area contributed by atoms with Crippen LogP contribution in [0, 0.1) is 5.92 Å². The van der Waals surface area contributed by atoms with E-state index in [-0.39, 0.29) is 6.61 Å². The molecule has 25 heavy (non-hydrogen) atoms. The van der Waals surface area contributed by atoms with Gasteiger partial charge in [0.15, 0.2) is 0 Å². The molecule has 0 aliphatic carbocycles.